The van der Waals surface area contributed by atoms with Crippen LogP contribution in [-0.2, 0) is 0 Å². The maximum Gasteiger partial charge on any atom is 0.0924 e. The van der Waals surface area contributed by atoms with Crippen LogP contribution in [0.4, 0.5) is 0 Å². The minimum absolute atomic E-state index is 0.763. The summed E-state index contributed by atoms with van der Waals surface area (Å²) in [6, 6.07) is 16.1. The van der Waals surface area contributed by atoms with Crippen molar-refractivity contribution in [1.29, 1.82) is 0 Å². The third-order valence-electron chi connectivity index (χ3n) is 2.86. The summed E-state index contributed by atoms with van der Waals surface area (Å²) in [7, 11) is 0. The maximum absolute atomic E-state index is 6.22. The fourth-order valence-electron chi connectivity index (χ4n) is 1.96. The second kappa shape index (κ2) is 4.67. The Labute approximate surface area is 110 Å². The van der Waals surface area contributed by atoms with E-state index < -0.39 is 0 Å². The topological polar surface area (TPSA) is 28.7 Å². The summed E-state index contributed by atoms with van der Waals surface area (Å²) >= 11 is 6.22. The van der Waals surface area contributed by atoms with Crippen molar-refractivity contribution in [3.05, 3.63) is 66.1 Å². The van der Waals surface area contributed by atoms with Gasteiger partial charge in [0.1, 0.15) is 0 Å². The molecule has 2 nitrogen and oxygen atoms in total. The third kappa shape index (κ3) is 2.03. The number of imidazole rings is 1. The lowest BCUT2D eigenvalue weighted by Gasteiger charge is -2.06. The van der Waals surface area contributed by atoms with E-state index in [1.807, 2.05) is 42.6 Å². The number of halogens is 1. The van der Waals surface area contributed by atoms with Gasteiger partial charge in [0, 0.05) is 16.1 Å². The molecule has 0 fully saturated rings. The molecule has 0 aliphatic carbocycles. The van der Waals surface area contributed by atoms with Crippen LogP contribution in [-0.4, -0.2) is 9.97 Å². The average molecular weight is 255 g/mol. The van der Waals surface area contributed by atoms with E-state index in [2.05, 4.69) is 22.1 Å². The van der Waals surface area contributed by atoms with Crippen molar-refractivity contribution in [2.45, 2.75) is 0 Å². The van der Waals surface area contributed by atoms with Crippen molar-refractivity contribution in [2.24, 2.45) is 0 Å². The Morgan fingerprint density at radius 2 is 1.78 bits per heavy atom. The number of rotatable bonds is 2. The van der Waals surface area contributed by atoms with Crippen LogP contribution in [0.2, 0.25) is 5.02 Å². The molecule has 0 unspecified atom stereocenters. The van der Waals surface area contributed by atoms with Gasteiger partial charge in [-0.2, -0.15) is 0 Å². The van der Waals surface area contributed by atoms with E-state index >= 15 is 0 Å². The van der Waals surface area contributed by atoms with Gasteiger partial charge in [-0.25, -0.2) is 4.98 Å². The molecule has 1 heterocycles. The second-order valence-corrected chi connectivity index (χ2v) is 4.43. The van der Waals surface area contributed by atoms with Crippen LogP contribution in [0.1, 0.15) is 0 Å². The minimum Gasteiger partial charge on any atom is -0.345 e. The number of aromatic amines is 1. The van der Waals surface area contributed by atoms with Gasteiger partial charge in [-0.1, -0.05) is 48.0 Å². The molecule has 0 saturated carbocycles. The Morgan fingerprint density at radius 1 is 0.944 bits per heavy atom. The summed E-state index contributed by atoms with van der Waals surface area (Å²) in [6.45, 7) is 0. The Hall–Kier alpha value is -2.06. The van der Waals surface area contributed by atoms with Crippen molar-refractivity contribution >= 4 is 11.6 Å². The minimum atomic E-state index is 0.763. The average Bonchev–Trinajstić information content (AvgIpc) is 2.93. The van der Waals surface area contributed by atoms with E-state index in [1.54, 1.807) is 6.33 Å². The van der Waals surface area contributed by atoms with Crippen LogP contribution in [0, 0.1) is 0 Å². The number of benzene rings is 2. The highest BCUT2D eigenvalue weighted by atomic mass is 35.5. The van der Waals surface area contributed by atoms with Gasteiger partial charge in [0.2, 0.25) is 0 Å². The van der Waals surface area contributed by atoms with E-state index in [0.29, 0.717) is 0 Å². The lowest BCUT2D eigenvalue weighted by atomic mass is 10.0. The first-order chi connectivity index (χ1) is 8.84. The highest BCUT2D eigenvalue weighted by Crippen LogP contribution is 2.30. The van der Waals surface area contributed by atoms with Crippen LogP contribution >= 0.6 is 11.6 Å². The summed E-state index contributed by atoms with van der Waals surface area (Å²) in [6.07, 6.45) is 3.49. The first-order valence-corrected chi connectivity index (χ1v) is 6.06. The molecule has 0 saturated heterocycles. The molecule has 18 heavy (non-hydrogen) atoms. The Balaban J connectivity index is 2.10. The summed E-state index contributed by atoms with van der Waals surface area (Å²) in [5.74, 6) is 0. The number of aromatic nitrogens is 2. The van der Waals surface area contributed by atoms with Gasteiger partial charge in [0.25, 0.3) is 0 Å². The molecule has 0 spiro atoms. The Bertz CT molecular complexity index is 660. The molecule has 0 radical (unpaired) electrons. The van der Waals surface area contributed by atoms with E-state index in [1.165, 1.54) is 0 Å². The third-order valence-corrected chi connectivity index (χ3v) is 3.19. The van der Waals surface area contributed by atoms with Crippen LogP contribution in [0.5, 0.6) is 0 Å². The van der Waals surface area contributed by atoms with Crippen LogP contribution in [0.25, 0.3) is 22.4 Å². The number of nitrogens with one attached hydrogen (secondary N) is 1. The second-order valence-electron chi connectivity index (χ2n) is 4.03. The largest absolute Gasteiger partial charge is 0.345 e. The maximum atomic E-state index is 6.22. The summed E-state index contributed by atoms with van der Waals surface area (Å²) in [5, 5.41) is 0.763. The molecule has 0 bridgehead atoms. The fourth-order valence-corrected chi connectivity index (χ4v) is 2.21. The quantitative estimate of drug-likeness (QED) is 0.722. The Morgan fingerprint density at radius 3 is 2.56 bits per heavy atom. The SMILES string of the molecule is Clc1ccccc1-c1cccc(-c2cnc[nH]2)c1. The first kappa shape index (κ1) is 11.1. The zero-order valence-electron chi connectivity index (χ0n) is 9.60. The zero-order chi connectivity index (χ0) is 12.4. The molecule has 3 aromatic rings. The monoisotopic (exact) mass is 254 g/mol. The van der Waals surface area contributed by atoms with Crippen molar-refractivity contribution in [3.8, 4) is 22.4 Å². The number of nitrogens with zero attached hydrogens (tertiary/aromatic N) is 1. The molecule has 0 atom stereocenters. The van der Waals surface area contributed by atoms with Crippen LogP contribution in [0.3, 0.4) is 0 Å². The normalized spacial score (nSPS) is 10.5. The van der Waals surface area contributed by atoms with Gasteiger partial charge in [-0.05, 0) is 17.7 Å². The number of hydrogen-bond donors (Lipinski definition) is 1. The van der Waals surface area contributed by atoms with Gasteiger partial charge < -0.3 is 4.98 Å². The van der Waals surface area contributed by atoms with E-state index in [-0.39, 0.29) is 0 Å². The highest BCUT2D eigenvalue weighted by molar-refractivity contribution is 6.33. The molecular weight excluding hydrogens is 244 g/mol. The first-order valence-electron chi connectivity index (χ1n) is 5.68. The van der Waals surface area contributed by atoms with Crippen molar-refractivity contribution in [3.63, 3.8) is 0 Å². The molecule has 88 valence electrons. The van der Waals surface area contributed by atoms with Crippen molar-refractivity contribution in [2.75, 3.05) is 0 Å². The zero-order valence-corrected chi connectivity index (χ0v) is 10.4. The summed E-state index contributed by atoms with van der Waals surface area (Å²) in [4.78, 5) is 7.14. The highest BCUT2D eigenvalue weighted by Gasteiger charge is 2.04. The summed E-state index contributed by atoms with van der Waals surface area (Å²) < 4.78 is 0. The van der Waals surface area contributed by atoms with Gasteiger partial charge in [-0.3, -0.25) is 0 Å². The lowest BCUT2D eigenvalue weighted by Crippen LogP contribution is -1.82. The Kier molecular flexibility index (Phi) is 2.87. The van der Waals surface area contributed by atoms with Gasteiger partial charge in [0.05, 0.1) is 18.2 Å². The smallest absolute Gasteiger partial charge is 0.0924 e. The molecule has 1 N–H and O–H groups in total. The van der Waals surface area contributed by atoms with Crippen LogP contribution < -0.4 is 0 Å². The van der Waals surface area contributed by atoms with Crippen molar-refractivity contribution < 1.29 is 0 Å². The predicted molar refractivity (Wildman–Crippen MR) is 74.5 cm³/mol. The van der Waals surface area contributed by atoms with Crippen LogP contribution in [0.15, 0.2) is 61.1 Å². The molecule has 3 heteroatoms. The standard InChI is InChI=1S/C15H11ClN2/c16-14-7-2-1-6-13(14)11-4-3-5-12(8-11)15-9-17-10-18-15/h1-10H,(H,17,18). The summed E-state index contributed by atoms with van der Waals surface area (Å²) in [5.41, 5.74) is 4.25. The molecule has 0 amide bonds. The van der Waals surface area contributed by atoms with E-state index in [0.717, 1.165) is 27.4 Å². The van der Waals surface area contributed by atoms with Gasteiger partial charge >= 0.3 is 0 Å². The fraction of sp³-hybridized carbons (Fsp3) is 0. The van der Waals surface area contributed by atoms with Gasteiger partial charge in [0.15, 0.2) is 0 Å². The molecule has 0 aliphatic rings. The van der Waals surface area contributed by atoms with E-state index in [4.69, 9.17) is 11.6 Å². The lowest BCUT2D eigenvalue weighted by molar-refractivity contribution is 1.31. The van der Waals surface area contributed by atoms with E-state index in [9.17, 15) is 0 Å². The molecular formula is C15H11ClN2. The van der Waals surface area contributed by atoms with Crippen molar-refractivity contribution in [1.82, 2.24) is 9.97 Å². The number of H-pyrrole nitrogens is 1. The predicted octanol–water partition coefficient (Wildman–Crippen LogP) is 4.40. The van der Waals surface area contributed by atoms with Gasteiger partial charge in [-0.15, -0.1) is 0 Å². The molecule has 2 aromatic carbocycles. The molecule has 1 aromatic heterocycles. The number of hydrogen-bond acceptors (Lipinski definition) is 1. The molecule has 0 aliphatic heterocycles. The molecule has 3 rings (SSSR count).